The Morgan fingerprint density at radius 2 is 1.81 bits per heavy atom. The lowest BCUT2D eigenvalue weighted by molar-refractivity contribution is 0.0886. The molecule has 1 aromatic rings. The molecule has 1 aromatic carbocycles. The molecule has 0 spiro atoms. The van der Waals surface area contributed by atoms with Crippen LogP contribution in [0.2, 0.25) is 5.02 Å². The van der Waals surface area contributed by atoms with Crippen LogP contribution in [0.5, 0.6) is 0 Å². The van der Waals surface area contributed by atoms with Gasteiger partial charge in [-0.05, 0) is 12.1 Å². The smallest absolute Gasteiger partial charge is 0.260 e. The average molecular weight is 254 g/mol. The molecule has 0 heterocycles. The Labute approximate surface area is 94.2 Å². The average Bonchev–Trinajstić information content (AvgIpc) is 2.76. The summed E-state index contributed by atoms with van der Waals surface area (Å²) in [6, 6.07) is 1.39. The van der Waals surface area contributed by atoms with E-state index in [0.717, 1.165) is 0 Å². The van der Waals surface area contributed by atoms with Crippen LogP contribution in [0.15, 0.2) is 12.1 Å². The van der Waals surface area contributed by atoms with Gasteiger partial charge in [-0.25, -0.2) is 17.6 Å². The summed E-state index contributed by atoms with van der Waals surface area (Å²) >= 11 is 5.34. The van der Waals surface area contributed by atoms with Crippen molar-refractivity contribution in [2.24, 2.45) is 5.73 Å². The van der Waals surface area contributed by atoms with E-state index in [-0.39, 0.29) is 0 Å². The molecule has 0 saturated heterocycles. The molecule has 1 aliphatic carbocycles. The predicted octanol–water partition coefficient (Wildman–Crippen LogP) is 2.85. The maximum atomic E-state index is 13.5. The lowest BCUT2D eigenvalue weighted by Crippen LogP contribution is -2.28. The molecule has 1 fully saturated rings. The number of benzene rings is 1. The van der Waals surface area contributed by atoms with Gasteiger partial charge in [-0.2, -0.15) is 0 Å². The monoisotopic (exact) mass is 253 g/mol. The van der Waals surface area contributed by atoms with E-state index in [0.29, 0.717) is 12.1 Å². The van der Waals surface area contributed by atoms with Crippen LogP contribution in [0.4, 0.5) is 17.6 Å². The third-order valence-corrected chi connectivity index (χ3v) is 3.26. The summed E-state index contributed by atoms with van der Waals surface area (Å²) in [5.74, 6) is -4.95. The number of nitrogens with two attached hydrogens (primary N) is 1. The number of rotatable bonds is 2. The van der Waals surface area contributed by atoms with Gasteiger partial charge in [-0.15, -0.1) is 0 Å². The van der Waals surface area contributed by atoms with Gasteiger partial charge in [0.05, 0.1) is 10.4 Å². The first-order valence-corrected chi connectivity index (χ1v) is 4.95. The summed E-state index contributed by atoms with van der Waals surface area (Å²) in [5, 5.41) is -0.433. The molecule has 2 N–H and O–H groups in total. The van der Waals surface area contributed by atoms with E-state index < -0.39 is 46.5 Å². The topological polar surface area (TPSA) is 26.0 Å². The second-order valence-electron chi connectivity index (χ2n) is 3.91. The Kier molecular flexibility index (Phi) is 2.44. The minimum atomic E-state index is -3.08. The van der Waals surface area contributed by atoms with E-state index >= 15 is 0 Å². The second-order valence-corrected chi connectivity index (χ2v) is 4.32. The summed E-state index contributed by atoms with van der Waals surface area (Å²) < 4.78 is 52.9. The first-order valence-electron chi connectivity index (χ1n) is 4.57. The normalized spacial score (nSPS) is 26.9. The standard InChI is InChI=1S/C10H8ClF4N/c11-6-2-7(12)5(1-8(6)13)9(4-16)3-10(9,14)15/h1-2H,3-4,16H2. The van der Waals surface area contributed by atoms with Crippen molar-refractivity contribution < 1.29 is 17.6 Å². The molecule has 88 valence electrons. The fourth-order valence-corrected chi connectivity index (χ4v) is 2.00. The summed E-state index contributed by atoms with van der Waals surface area (Å²) in [6.07, 6.45) is -0.561. The molecule has 1 atom stereocenters. The minimum Gasteiger partial charge on any atom is -0.329 e. The van der Waals surface area contributed by atoms with Crippen LogP contribution in [0, 0.1) is 11.6 Å². The molecule has 1 unspecified atom stereocenters. The zero-order valence-corrected chi connectivity index (χ0v) is 8.79. The molecule has 2 rings (SSSR count). The van der Waals surface area contributed by atoms with Gasteiger partial charge >= 0.3 is 0 Å². The van der Waals surface area contributed by atoms with Crippen LogP contribution in [0.25, 0.3) is 0 Å². The highest BCUT2D eigenvalue weighted by Gasteiger charge is 2.72. The van der Waals surface area contributed by atoms with Gasteiger partial charge in [0, 0.05) is 18.5 Å². The van der Waals surface area contributed by atoms with Gasteiger partial charge < -0.3 is 5.73 Å². The molecule has 0 bridgehead atoms. The zero-order valence-electron chi connectivity index (χ0n) is 8.04. The minimum absolute atomic E-state index is 0.401. The van der Waals surface area contributed by atoms with Crippen LogP contribution in [0.1, 0.15) is 12.0 Å². The Morgan fingerprint density at radius 3 is 2.25 bits per heavy atom. The van der Waals surface area contributed by atoms with Crippen LogP contribution >= 0.6 is 11.6 Å². The fraction of sp³-hybridized carbons (Fsp3) is 0.400. The molecule has 1 aliphatic rings. The van der Waals surface area contributed by atoms with Gasteiger partial charge in [0.25, 0.3) is 5.92 Å². The van der Waals surface area contributed by atoms with E-state index in [4.69, 9.17) is 17.3 Å². The number of halogens is 5. The molecular weight excluding hydrogens is 246 g/mol. The molecule has 1 saturated carbocycles. The van der Waals surface area contributed by atoms with E-state index in [2.05, 4.69) is 0 Å². The van der Waals surface area contributed by atoms with Crippen LogP contribution in [-0.2, 0) is 5.41 Å². The highest BCUT2D eigenvalue weighted by Crippen LogP contribution is 2.61. The van der Waals surface area contributed by atoms with Crippen molar-refractivity contribution in [2.45, 2.75) is 17.8 Å². The summed E-state index contributed by atoms with van der Waals surface area (Å²) in [7, 11) is 0. The fourth-order valence-electron chi connectivity index (χ4n) is 1.85. The SMILES string of the molecule is NCC1(c2cc(F)c(Cl)cc2F)CC1(F)F. The van der Waals surface area contributed by atoms with E-state index in [1.807, 2.05) is 0 Å². The number of hydrogen-bond acceptors (Lipinski definition) is 1. The Hall–Kier alpha value is -0.810. The number of alkyl halides is 2. The van der Waals surface area contributed by atoms with Gasteiger partial charge in [0.2, 0.25) is 0 Å². The quantitative estimate of drug-likeness (QED) is 0.637. The summed E-state index contributed by atoms with van der Waals surface area (Å²) in [5.41, 5.74) is 3.06. The predicted molar refractivity (Wildman–Crippen MR) is 51.7 cm³/mol. The lowest BCUT2D eigenvalue weighted by Gasteiger charge is -2.15. The highest BCUT2D eigenvalue weighted by atomic mass is 35.5. The highest BCUT2D eigenvalue weighted by molar-refractivity contribution is 6.30. The lowest BCUT2D eigenvalue weighted by atomic mass is 9.94. The number of hydrogen-bond donors (Lipinski definition) is 1. The summed E-state index contributed by atoms with van der Waals surface area (Å²) in [4.78, 5) is 0. The van der Waals surface area contributed by atoms with Crippen molar-refractivity contribution in [1.82, 2.24) is 0 Å². The molecule has 0 amide bonds. The van der Waals surface area contributed by atoms with Crippen molar-refractivity contribution in [3.8, 4) is 0 Å². The molecule has 0 radical (unpaired) electrons. The van der Waals surface area contributed by atoms with Crippen molar-refractivity contribution >= 4 is 11.6 Å². The molecule has 0 aromatic heterocycles. The van der Waals surface area contributed by atoms with Gasteiger partial charge in [-0.1, -0.05) is 11.6 Å². The Bertz CT molecular complexity index is 449. The molecular formula is C10H8ClF4N. The molecule has 0 aliphatic heterocycles. The first kappa shape index (κ1) is 11.7. The largest absolute Gasteiger partial charge is 0.329 e. The first-order chi connectivity index (χ1) is 7.34. The van der Waals surface area contributed by atoms with E-state index in [1.165, 1.54) is 0 Å². The van der Waals surface area contributed by atoms with E-state index in [9.17, 15) is 17.6 Å². The molecule has 6 heteroatoms. The van der Waals surface area contributed by atoms with Crippen molar-refractivity contribution in [3.63, 3.8) is 0 Å². The van der Waals surface area contributed by atoms with Crippen molar-refractivity contribution in [3.05, 3.63) is 34.4 Å². The maximum absolute atomic E-state index is 13.5. The van der Waals surface area contributed by atoms with E-state index in [1.54, 1.807) is 0 Å². The zero-order chi connectivity index (χ0) is 12.1. The Morgan fingerprint density at radius 1 is 1.25 bits per heavy atom. The second kappa shape index (κ2) is 3.34. The van der Waals surface area contributed by atoms with Gasteiger partial charge in [-0.3, -0.25) is 0 Å². The summed E-state index contributed by atoms with van der Waals surface area (Å²) in [6.45, 7) is -0.433. The molecule has 16 heavy (non-hydrogen) atoms. The Balaban J connectivity index is 2.53. The van der Waals surface area contributed by atoms with Gasteiger partial charge in [0.15, 0.2) is 0 Å². The van der Waals surface area contributed by atoms with Crippen LogP contribution in [0.3, 0.4) is 0 Å². The van der Waals surface area contributed by atoms with Crippen molar-refractivity contribution in [1.29, 1.82) is 0 Å². The van der Waals surface area contributed by atoms with Crippen LogP contribution < -0.4 is 5.73 Å². The third-order valence-electron chi connectivity index (χ3n) is 2.97. The van der Waals surface area contributed by atoms with Crippen molar-refractivity contribution in [2.75, 3.05) is 6.54 Å². The van der Waals surface area contributed by atoms with Crippen LogP contribution in [-0.4, -0.2) is 12.5 Å². The van der Waals surface area contributed by atoms with Gasteiger partial charge in [0.1, 0.15) is 11.6 Å². The molecule has 1 nitrogen and oxygen atoms in total. The maximum Gasteiger partial charge on any atom is 0.260 e. The third kappa shape index (κ3) is 1.42.